The standard InChI is InChI=1S/C19H24Cl2N2O2/c1-14(2)9-17-11-24-19(25-17,12-23-8-7-22-13-23)6-5-15-3-4-16(20)10-18(15)21/h3-4,7-8,10,13-14,17H,5-6,9,11-12H2,1-2H3. The van der Waals surface area contributed by atoms with Gasteiger partial charge in [-0.3, -0.25) is 0 Å². The molecular formula is C19H24Cl2N2O2. The summed E-state index contributed by atoms with van der Waals surface area (Å²) in [5, 5.41) is 1.33. The molecule has 0 bridgehead atoms. The van der Waals surface area contributed by atoms with Crippen molar-refractivity contribution in [2.75, 3.05) is 6.61 Å². The van der Waals surface area contributed by atoms with Crippen LogP contribution in [0.4, 0.5) is 0 Å². The van der Waals surface area contributed by atoms with Gasteiger partial charge < -0.3 is 14.0 Å². The molecule has 4 nitrogen and oxygen atoms in total. The zero-order valence-corrected chi connectivity index (χ0v) is 16.1. The zero-order valence-electron chi connectivity index (χ0n) is 14.6. The molecule has 1 aliphatic rings. The zero-order chi connectivity index (χ0) is 17.9. The van der Waals surface area contributed by atoms with Gasteiger partial charge in [-0.1, -0.05) is 43.1 Å². The minimum Gasteiger partial charge on any atom is -0.345 e. The maximum absolute atomic E-state index is 6.38. The van der Waals surface area contributed by atoms with E-state index >= 15 is 0 Å². The van der Waals surface area contributed by atoms with Crippen molar-refractivity contribution in [3.63, 3.8) is 0 Å². The Labute approximate surface area is 159 Å². The first-order chi connectivity index (χ1) is 12.0. The van der Waals surface area contributed by atoms with Gasteiger partial charge in [0, 0.05) is 28.9 Å². The minimum absolute atomic E-state index is 0.129. The predicted molar refractivity (Wildman–Crippen MR) is 100 cm³/mol. The Kier molecular flexibility index (Phi) is 6.05. The van der Waals surface area contributed by atoms with Crippen LogP contribution in [0, 0.1) is 5.92 Å². The Morgan fingerprint density at radius 1 is 1.36 bits per heavy atom. The molecular weight excluding hydrogens is 359 g/mol. The van der Waals surface area contributed by atoms with Gasteiger partial charge in [0.25, 0.3) is 0 Å². The molecule has 1 saturated heterocycles. The highest BCUT2D eigenvalue weighted by molar-refractivity contribution is 6.35. The van der Waals surface area contributed by atoms with Crippen LogP contribution >= 0.6 is 23.2 Å². The summed E-state index contributed by atoms with van der Waals surface area (Å²) >= 11 is 12.3. The number of ether oxygens (including phenoxy) is 2. The second-order valence-corrected chi connectivity index (χ2v) is 7.91. The van der Waals surface area contributed by atoms with Gasteiger partial charge in [0.05, 0.1) is 25.6 Å². The fourth-order valence-corrected chi connectivity index (χ4v) is 3.76. The quantitative estimate of drug-likeness (QED) is 0.677. The largest absolute Gasteiger partial charge is 0.345 e. The number of benzene rings is 1. The highest BCUT2D eigenvalue weighted by atomic mass is 35.5. The number of halogens is 2. The first kappa shape index (κ1) is 18.7. The van der Waals surface area contributed by atoms with Crippen molar-refractivity contribution >= 4 is 23.2 Å². The molecule has 0 amide bonds. The third-order valence-electron chi connectivity index (χ3n) is 4.42. The average Bonchev–Trinajstić information content (AvgIpc) is 3.17. The van der Waals surface area contributed by atoms with Gasteiger partial charge >= 0.3 is 0 Å². The molecule has 1 aromatic carbocycles. The van der Waals surface area contributed by atoms with Crippen LogP contribution in [0.2, 0.25) is 10.0 Å². The summed E-state index contributed by atoms with van der Waals surface area (Å²) in [7, 11) is 0. The molecule has 136 valence electrons. The lowest BCUT2D eigenvalue weighted by molar-refractivity contribution is -0.183. The van der Waals surface area contributed by atoms with Crippen molar-refractivity contribution in [2.45, 2.75) is 51.5 Å². The molecule has 0 radical (unpaired) electrons. The van der Waals surface area contributed by atoms with Crippen molar-refractivity contribution in [3.8, 4) is 0 Å². The van der Waals surface area contributed by atoms with Gasteiger partial charge in [-0.05, 0) is 36.5 Å². The fraction of sp³-hybridized carbons (Fsp3) is 0.526. The summed E-state index contributed by atoms with van der Waals surface area (Å²) in [6.45, 7) is 5.65. The number of rotatable bonds is 7. The molecule has 0 spiro atoms. The van der Waals surface area contributed by atoms with E-state index in [1.54, 1.807) is 18.6 Å². The van der Waals surface area contributed by atoms with E-state index in [-0.39, 0.29) is 6.10 Å². The van der Waals surface area contributed by atoms with E-state index in [1.165, 1.54) is 0 Å². The van der Waals surface area contributed by atoms with Gasteiger partial charge in [0.15, 0.2) is 5.79 Å². The Morgan fingerprint density at radius 3 is 2.88 bits per heavy atom. The maximum atomic E-state index is 6.38. The first-order valence-electron chi connectivity index (χ1n) is 8.67. The van der Waals surface area contributed by atoms with Crippen LogP contribution in [0.5, 0.6) is 0 Å². The normalized spacial score (nSPS) is 23.5. The highest BCUT2D eigenvalue weighted by Crippen LogP contribution is 2.34. The lowest BCUT2D eigenvalue weighted by Crippen LogP contribution is -2.36. The second-order valence-electron chi connectivity index (χ2n) is 7.06. The third-order valence-corrected chi connectivity index (χ3v) is 5.01. The molecule has 25 heavy (non-hydrogen) atoms. The van der Waals surface area contributed by atoms with Crippen molar-refractivity contribution in [1.82, 2.24) is 9.55 Å². The maximum Gasteiger partial charge on any atom is 0.187 e. The summed E-state index contributed by atoms with van der Waals surface area (Å²) in [6, 6.07) is 5.61. The molecule has 1 aromatic heterocycles. The number of imidazole rings is 1. The molecule has 6 heteroatoms. The van der Waals surface area contributed by atoms with Crippen LogP contribution in [-0.2, 0) is 22.4 Å². The van der Waals surface area contributed by atoms with Gasteiger partial charge in [-0.2, -0.15) is 0 Å². The number of hydrogen-bond acceptors (Lipinski definition) is 3. The van der Waals surface area contributed by atoms with E-state index in [1.807, 2.05) is 22.9 Å². The van der Waals surface area contributed by atoms with E-state index in [2.05, 4.69) is 18.8 Å². The van der Waals surface area contributed by atoms with Crippen LogP contribution in [-0.4, -0.2) is 28.0 Å². The molecule has 3 rings (SSSR count). The van der Waals surface area contributed by atoms with Gasteiger partial charge in [-0.25, -0.2) is 4.98 Å². The topological polar surface area (TPSA) is 36.3 Å². The Balaban J connectivity index is 1.72. The predicted octanol–water partition coefficient (Wildman–Crippen LogP) is 4.98. The van der Waals surface area contributed by atoms with E-state index in [0.29, 0.717) is 29.1 Å². The summed E-state index contributed by atoms with van der Waals surface area (Å²) in [6.07, 6.45) is 8.10. The third kappa shape index (κ3) is 4.98. The lowest BCUT2D eigenvalue weighted by Gasteiger charge is -2.29. The van der Waals surface area contributed by atoms with Crippen molar-refractivity contribution in [2.24, 2.45) is 5.92 Å². The highest BCUT2D eigenvalue weighted by Gasteiger charge is 2.41. The molecule has 2 aromatic rings. The van der Waals surface area contributed by atoms with E-state index in [9.17, 15) is 0 Å². The summed E-state index contributed by atoms with van der Waals surface area (Å²) in [5.74, 6) is -0.0770. The van der Waals surface area contributed by atoms with Crippen molar-refractivity contribution < 1.29 is 9.47 Å². The monoisotopic (exact) mass is 382 g/mol. The van der Waals surface area contributed by atoms with Crippen LogP contribution in [0.25, 0.3) is 0 Å². The Hall–Kier alpha value is -1.07. The average molecular weight is 383 g/mol. The number of nitrogens with zero attached hydrogens (tertiary/aromatic N) is 2. The second kappa shape index (κ2) is 8.09. The van der Waals surface area contributed by atoms with E-state index < -0.39 is 5.79 Å². The van der Waals surface area contributed by atoms with Gasteiger partial charge in [0.2, 0.25) is 0 Å². The van der Waals surface area contributed by atoms with E-state index in [4.69, 9.17) is 32.7 Å². The molecule has 0 aliphatic carbocycles. The molecule has 1 aliphatic heterocycles. The Morgan fingerprint density at radius 2 is 2.20 bits per heavy atom. The van der Waals surface area contributed by atoms with Crippen molar-refractivity contribution in [3.05, 3.63) is 52.5 Å². The smallest absolute Gasteiger partial charge is 0.187 e. The molecule has 0 N–H and O–H groups in total. The molecule has 1 fully saturated rings. The number of aromatic nitrogens is 2. The molecule has 2 heterocycles. The Bertz CT molecular complexity index is 691. The summed E-state index contributed by atoms with van der Waals surface area (Å²) < 4.78 is 14.6. The van der Waals surface area contributed by atoms with Gasteiger partial charge in [-0.15, -0.1) is 0 Å². The van der Waals surface area contributed by atoms with Crippen molar-refractivity contribution in [1.29, 1.82) is 0 Å². The lowest BCUT2D eigenvalue weighted by atomic mass is 10.0. The minimum atomic E-state index is -0.650. The molecule has 0 saturated carbocycles. The summed E-state index contributed by atoms with van der Waals surface area (Å²) in [5.41, 5.74) is 1.05. The number of aryl methyl sites for hydroxylation is 1. The van der Waals surface area contributed by atoms with Crippen LogP contribution in [0.3, 0.4) is 0 Å². The van der Waals surface area contributed by atoms with Gasteiger partial charge in [0.1, 0.15) is 0 Å². The fourth-order valence-electron chi connectivity index (χ4n) is 3.26. The van der Waals surface area contributed by atoms with E-state index in [0.717, 1.165) is 24.8 Å². The number of hydrogen-bond donors (Lipinski definition) is 0. The molecule has 2 atom stereocenters. The first-order valence-corrected chi connectivity index (χ1v) is 9.43. The SMILES string of the molecule is CC(C)CC1COC(CCc2ccc(Cl)cc2Cl)(Cn2ccnc2)O1. The van der Waals surface area contributed by atoms with Crippen LogP contribution < -0.4 is 0 Å². The molecule has 2 unspecified atom stereocenters. The van der Waals surface area contributed by atoms with Crippen LogP contribution in [0.1, 0.15) is 32.3 Å². The van der Waals surface area contributed by atoms with Crippen LogP contribution in [0.15, 0.2) is 36.9 Å². The summed E-state index contributed by atoms with van der Waals surface area (Å²) in [4.78, 5) is 4.12.